The Morgan fingerprint density at radius 1 is 1.10 bits per heavy atom. The third-order valence-corrected chi connectivity index (χ3v) is 7.57. The van der Waals surface area contributed by atoms with Crippen LogP contribution in [-0.2, 0) is 16.0 Å². The summed E-state index contributed by atoms with van der Waals surface area (Å²) in [6.07, 6.45) is 5.80. The van der Waals surface area contributed by atoms with E-state index in [2.05, 4.69) is 46.7 Å². The molecule has 162 valence electrons. The number of amides is 2. The van der Waals surface area contributed by atoms with Gasteiger partial charge in [-0.2, -0.15) is 0 Å². The number of carbonyl (C=O) groups is 2. The van der Waals surface area contributed by atoms with E-state index in [1.54, 1.807) is 6.92 Å². The SMILES string of the molecule is C=CCN1C[C@H]2CN(C(=O)C3CCN(C(C)=O)CC3)C[C@@]2(CCc2ccccc2)C1. The van der Waals surface area contributed by atoms with E-state index in [4.69, 9.17) is 0 Å². The monoisotopic (exact) mass is 409 g/mol. The summed E-state index contributed by atoms with van der Waals surface area (Å²) in [6, 6.07) is 10.7. The normalized spacial score (nSPS) is 27.3. The van der Waals surface area contributed by atoms with Gasteiger partial charge in [0, 0.05) is 64.1 Å². The predicted octanol–water partition coefficient (Wildman–Crippen LogP) is 2.82. The Hall–Kier alpha value is -2.14. The largest absolute Gasteiger partial charge is 0.343 e. The fourth-order valence-corrected chi connectivity index (χ4v) is 5.87. The second kappa shape index (κ2) is 8.93. The third-order valence-electron chi connectivity index (χ3n) is 7.57. The number of likely N-dealkylation sites (tertiary alicyclic amines) is 3. The maximum atomic E-state index is 13.3. The zero-order valence-electron chi connectivity index (χ0n) is 18.3. The zero-order valence-corrected chi connectivity index (χ0v) is 18.3. The molecule has 3 heterocycles. The Labute approximate surface area is 180 Å². The van der Waals surface area contributed by atoms with Gasteiger partial charge in [0.25, 0.3) is 0 Å². The van der Waals surface area contributed by atoms with Crippen molar-refractivity contribution in [3.63, 3.8) is 0 Å². The van der Waals surface area contributed by atoms with Crippen LogP contribution in [0, 0.1) is 17.3 Å². The van der Waals surface area contributed by atoms with Gasteiger partial charge < -0.3 is 9.80 Å². The number of aryl methyl sites for hydroxylation is 1. The molecule has 0 N–H and O–H groups in total. The fraction of sp³-hybridized carbons (Fsp3) is 0.600. The summed E-state index contributed by atoms with van der Waals surface area (Å²) in [5.74, 6) is 1.07. The molecular formula is C25H35N3O2. The van der Waals surface area contributed by atoms with Crippen LogP contribution in [0.5, 0.6) is 0 Å². The van der Waals surface area contributed by atoms with Crippen LogP contribution in [0.4, 0.5) is 0 Å². The Bertz CT molecular complexity index is 772. The molecular weight excluding hydrogens is 374 g/mol. The number of hydrogen-bond donors (Lipinski definition) is 0. The van der Waals surface area contributed by atoms with Gasteiger partial charge in [0.2, 0.25) is 11.8 Å². The Kier molecular flexibility index (Phi) is 6.28. The van der Waals surface area contributed by atoms with Crippen molar-refractivity contribution in [3.8, 4) is 0 Å². The smallest absolute Gasteiger partial charge is 0.225 e. The number of hydrogen-bond acceptors (Lipinski definition) is 3. The van der Waals surface area contributed by atoms with Gasteiger partial charge >= 0.3 is 0 Å². The molecule has 0 unspecified atom stereocenters. The lowest BCUT2D eigenvalue weighted by Crippen LogP contribution is -2.44. The van der Waals surface area contributed by atoms with Crippen LogP contribution >= 0.6 is 0 Å². The van der Waals surface area contributed by atoms with Crippen LogP contribution in [0.15, 0.2) is 43.0 Å². The maximum Gasteiger partial charge on any atom is 0.225 e. The summed E-state index contributed by atoms with van der Waals surface area (Å²) in [6.45, 7) is 11.8. The lowest BCUT2D eigenvalue weighted by Gasteiger charge is -2.34. The summed E-state index contributed by atoms with van der Waals surface area (Å²) < 4.78 is 0. The van der Waals surface area contributed by atoms with Gasteiger partial charge in [-0.3, -0.25) is 14.5 Å². The highest BCUT2D eigenvalue weighted by Gasteiger charge is 2.53. The molecule has 1 aromatic rings. The first-order chi connectivity index (χ1) is 14.5. The zero-order chi connectivity index (χ0) is 21.1. The van der Waals surface area contributed by atoms with Crippen molar-refractivity contribution in [1.82, 2.24) is 14.7 Å². The summed E-state index contributed by atoms with van der Waals surface area (Å²) in [5, 5.41) is 0. The second-order valence-corrected chi connectivity index (χ2v) is 9.53. The molecule has 3 aliphatic heterocycles. The minimum Gasteiger partial charge on any atom is -0.343 e. The maximum absolute atomic E-state index is 13.3. The molecule has 3 aliphatic rings. The molecule has 0 radical (unpaired) electrons. The number of fused-ring (bicyclic) bond motifs is 1. The number of nitrogens with zero attached hydrogens (tertiary/aromatic N) is 3. The van der Waals surface area contributed by atoms with Crippen molar-refractivity contribution in [1.29, 1.82) is 0 Å². The van der Waals surface area contributed by atoms with Crippen LogP contribution < -0.4 is 0 Å². The number of carbonyl (C=O) groups excluding carboxylic acids is 2. The average Bonchev–Trinajstić information content (AvgIpc) is 3.27. The summed E-state index contributed by atoms with van der Waals surface area (Å²) in [7, 11) is 0. The highest BCUT2D eigenvalue weighted by atomic mass is 16.2. The Morgan fingerprint density at radius 3 is 2.50 bits per heavy atom. The first-order valence-corrected chi connectivity index (χ1v) is 11.4. The van der Waals surface area contributed by atoms with Gasteiger partial charge in [-0.25, -0.2) is 0 Å². The first kappa shape index (κ1) is 21.1. The molecule has 4 rings (SSSR count). The minimum atomic E-state index is 0.0786. The predicted molar refractivity (Wildman–Crippen MR) is 119 cm³/mol. The molecule has 0 aliphatic carbocycles. The van der Waals surface area contributed by atoms with E-state index in [0.717, 1.165) is 71.5 Å². The van der Waals surface area contributed by atoms with E-state index in [-0.39, 0.29) is 17.2 Å². The summed E-state index contributed by atoms with van der Waals surface area (Å²) in [5.41, 5.74) is 1.57. The van der Waals surface area contributed by atoms with Crippen LogP contribution in [0.1, 0.15) is 31.7 Å². The minimum absolute atomic E-state index is 0.0786. The van der Waals surface area contributed by atoms with Gasteiger partial charge in [0.1, 0.15) is 0 Å². The van der Waals surface area contributed by atoms with E-state index in [1.165, 1.54) is 5.56 Å². The lowest BCUT2D eigenvalue weighted by atomic mass is 9.76. The lowest BCUT2D eigenvalue weighted by molar-refractivity contribution is -0.139. The molecule has 0 spiro atoms. The molecule has 0 bridgehead atoms. The van der Waals surface area contributed by atoms with Crippen LogP contribution in [0.3, 0.4) is 0 Å². The van der Waals surface area contributed by atoms with E-state index >= 15 is 0 Å². The molecule has 0 aromatic heterocycles. The van der Waals surface area contributed by atoms with Crippen molar-refractivity contribution in [2.75, 3.05) is 45.8 Å². The highest BCUT2D eigenvalue weighted by Crippen LogP contribution is 2.46. The number of rotatable bonds is 6. The van der Waals surface area contributed by atoms with Crippen LogP contribution in [0.2, 0.25) is 0 Å². The van der Waals surface area contributed by atoms with Gasteiger partial charge in [0.05, 0.1) is 0 Å². The van der Waals surface area contributed by atoms with Crippen molar-refractivity contribution < 1.29 is 9.59 Å². The van der Waals surface area contributed by atoms with Crippen LogP contribution in [-0.4, -0.2) is 72.3 Å². The molecule has 5 nitrogen and oxygen atoms in total. The number of benzene rings is 1. The molecule has 3 saturated heterocycles. The third kappa shape index (κ3) is 4.31. The molecule has 2 atom stereocenters. The topological polar surface area (TPSA) is 43.9 Å². The van der Waals surface area contributed by atoms with Crippen molar-refractivity contribution >= 4 is 11.8 Å². The van der Waals surface area contributed by atoms with Gasteiger partial charge in [-0.15, -0.1) is 6.58 Å². The fourth-order valence-electron chi connectivity index (χ4n) is 5.87. The van der Waals surface area contributed by atoms with E-state index in [9.17, 15) is 9.59 Å². The molecule has 0 saturated carbocycles. The van der Waals surface area contributed by atoms with E-state index in [1.807, 2.05) is 11.0 Å². The number of piperidine rings is 1. The van der Waals surface area contributed by atoms with E-state index in [0.29, 0.717) is 11.8 Å². The molecule has 1 aromatic carbocycles. The Balaban J connectivity index is 1.42. The molecule has 2 amide bonds. The van der Waals surface area contributed by atoms with E-state index < -0.39 is 0 Å². The van der Waals surface area contributed by atoms with Gasteiger partial charge in [-0.1, -0.05) is 36.4 Å². The Morgan fingerprint density at radius 2 is 1.83 bits per heavy atom. The highest BCUT2D eigenvalue weighted by molar-refractivity contribution is 5.80. The molecule has 30 heavy (non-hydrogen) atoms. The quantitative estimate of drug-likeness (QED) is 0.679. The van der Waals surface area contributed by atoms with Crippen molar-refractivity contribution in [2.45, 2.75) is 32.6 Å². The molecule has 3 fully saturated rings. The van der Waals surface area contributed by atoms with Crippen LogP contribution in [0.25, 0.3) is 0 Å². The molecule has 5 heteroatoms. The van der Waals surface area contributed by atoms with Crippen molar-refractivity contribution in [2.24, 2.45) is 17.3 Å². The van der Waals surface area contributed by atoms with Gasteiger partial charge in [0.15, 0.2) is 0 Å². The average molecular weight is 410 g/mol. The summed E-state index contributed by atoms with van der Waals surface area (Å²) in [4.78, 5) is 31.5. The summed E-state index contributed by atoms with van der Waals surface area (Å²) >= 11 is 0. The second-order valence-electron chi connectivity index (χ2n) is 9.53. The van der Waals surface area contributed by atoms with Gasteiger partial charge in [-0.05, 0) is 37.2 Å². The van der Waals surface area contributed by atoms with Crippen molar-refractivity contribution in [3.05, 3.63) is 48.6 Å². The standard InChI is InChI=1S/C25H35N3O2/c1-3-13-26-16-23-17-28(24(30)22-10-14-27(15-11-22)20(2)29)19-25(23,18-26)12-9-21-7-5-4-6-8-21/h3-8,22-23H,1,9-19H2,2H3/t23-,25+/m0/s1. The first-order valence-electron chi connectivity index (χ1n) is 11.4.